The van der Waals surface area contributed by atoms with Gasteiger partial charge in [-0.2, -0.15) is 4.31 Å². The van der Waals surface area contributed by atoms with Crippen LogP contribution in [0.5, 0.6) is 5.75 Å². The van der Waals surface area contributed by atoms with Crippen molar-refractivity contribution in [2.45, 2.75) is 24.1 Å². The van der Waals surface area contributed by atoms with Crippen LogP contribution in [-0.2, 0) is 10.0 Å². The Bertz CT molecular complexity index is 542. The first-order valence-corrected chi connectivity index (χ1v) is 8.24. The van der Waals surface area contributed by atoms with Gasteiger partial charge in [-0.15, -0.1) is 11.8 Å². The highest BCUT2D eigenvalue weighted by molar-refractivity contribution is 8.01. The summed E-state index contributed by atoms with van der Waals surface area (Å²) in [6.07, 6.45) is 0. The lowest BCUT2D eigenvalue weighted by atomic mass is 10.2. The second-order valence-corrected chi connectivity index (χ2v) is 7.52. The first-order valence-electron chi connectivity index (χ1n) is 5.75. The van der Waals surface area contributed by atoms with E-state index in [2.05, 4.69) is 0 Å². The van der Waals surface area contributed by atoms with Crippen LogP contribution < -0.4 is 4.74 Å². The van der Waals surface area contributed by atoms with Gasteiger partial charge in [0.1, 0.15) is 10.6 Å². The zero-order valence-corrected chi connectivity index (χ0v) is 12.3. The summed E-state index contributed by atoms with van der Waals surface area (Å²) >= 11 is 1.65. The van der Waals surface area contributed by atoms with Crippen molar-refractivity contribution < 1.29 is 13.2 Å². The van der Waals surface area contributed by atoms with Gasteiger partial charge < -0.3 is 4.74 Å². The highest BCUT2D eigenvalue weighted by atomic mass is 32.2. The van der Waals surface area contributed by atoms with E-state index in [-0.39, 0.29) is 10.3 Å². The highest BCUT2D eigenvalue weighted by Gasteiger charge is 2.34. The Kier molecular flexibility index (Phi) is 3.89. The molecule has 2 rings (SSSR count). The van der Waals surface area contributed by atoms with Crippen molar-refractivity contribution in [1.82, 2.24) is 4.31 Å². The maximum atomic E-state index is 12.6. The minimum absolute atomic E-state index is 0.0137. The van der Waals surface area contributed by atoms with E-state index in [0.29, 0.717) is 12.3 Å². The molecule has 1 aromatic carbocycles. The number of sulfonamides is 1. The number of hydrogen-bond acceptors (Lipinski definition) is 4. The fourth-order valence-electron chi connectivity index (χ4n) is 2.01. The first kappa shape index (κ1) is 13.7. The third-order valence-electron chi connectivity index (χ3n) is 2.98. The van der Waals surface area contributed by atoms with Crippen LogP contribution in [0.15, 0.2) is 23.1 Å². The van der Waals surface area contributed by atoms with Crippen LogP contribution >= 0.6 is 11.8 Å². The molecular formula is C12H17NO3S2. The minimum Gasteiger partial charge on any atom is -0.495 e. The first-order chi connectivity index (χ1) is 8.46. The van der Waals surface area contributed by atoms with Gasteiger partial charge in [-0.25, -0.2) is 8.42 Å². The summed E-state index contributed by atoms with van der Waals surface area (Å²) in [5.41, 5.74) is 0.911. The van der Waals surface area contributed by atoms with Crippen molar-refractivity contribution >= 4 is 21.8 Å². The van der Waals surface area contributed by atoms with Gasteiger partial charge in [0.05, 0.1) is 12.5 Å². The van der Waals surface area contributed by atoms with Crippen LogP contribution in [0, 0.1) is 6.92 Å². The van der Waals surface area contributed by atoms with E-state index in [4.69, 9.17) is 4.74 Å². The van der Waals surface area contributed by atoms with Gasteiger partial charge in [0, 0.05) is 12.3 Å². The second kappa shape index (κ2) is 5.11. The number of rotatable bonds is 3. The molecular weight excluding hydrogens is 270 g/mol. The Morgan fingerprint density at radius 2 is 2.17 bits per heavy atom. The smallest absolute Gasteiger partial charge is 0.247 e. The van der Waals surface area contributed by atoms with Crippen LogP contribution in [0.4, 0.5) is 0 Å². The molecule has 0 amide bonds. The molecule has 1 fully saturated rings. The molecule has 18 heavy (non-hydrogen) atoms. The van der Waals surface area contributed by atoms with Gasteiger partial charge in [0.15, 0.2) is 0 Å². The summed E-state index contributed by atoms with van der Waals surface area (Å²) in [4.78, 5) is 0.263. The lowest BCUT2D eigenvalue weighted by Crippen LogP contribution is -2.33. The molecule has 1 aromatic rings. The minimum atomic E-state index is -3.47. The van der Waals surface area contributed by atoms with E-state index in [1.54, 1.807) is 23.9 Å². The van der Waals surface area contributed by atoms with Crippen LogP contribution in [0.3, 0.4) is 0 Å². The maximum Gasteiger partial charge on any atom is 0.247 e. The average molecular weight is 287 g/mol. The molecule has 1 atom stereocenters. The van der Waals surface area contributed by atoms with Gasteiger partial charge >= 0.3 is 0 Å². The van der Waals surface area contributed by atoms with Crippen molar-refractivity contribution in [1.29, 1.82) is 0 Å². The summed E-state index contributed by atoms with van der Waals surface area (Å²) in [5, 5.41) is -0.0137. The van der Waals surface area contributed by atoms with Gasteiger partial charge in [0.25, 0.3) is 0 Å². The normalized spacial score (nSPS) is 21.2. The van der Waals surface area contributed by atoms with E-state index in [9.17, 15) is 8.42 Å². The average Bonchev–Trinajstić information content (AvgIpc) is 2.76. The Morgan fingerprint density at radius 3 is 2.72 bits per heavy atom. The Hall–Kier alpha value is -0.720. The third-order valence-corrected chi connectivity index (χ3v) is 6.26. The summed E-state index contributed by atoms with van der Waals surface area (Å²) in [6, 6.07) is 5.22. The molecule has 100 valence electrons. The Morgan fingerprint density at radius 1 is 1.44 bits per heavy atom. The number of methoxy groups -OCH3 is 1. The number of nitrogens with zero attached hydrogens (tertiary/aromatic N) is 1. The highest BCUT2D eigenvalue weighted by Crippen LogP contribution is 2.33. The molecule has 0 spiro atoms. The molecule has 0 bridgehead atoms. The van der Waals surface area contributed by atoms with Crippen molar-refractivity contribution in [3.05, 3.63) is 23.8 Å². The summed E-state index contributed by atoms with van der Waals surface area (Å²) in [6.45, 7) is 4.35. The summed E-state index contributed by atoms with van der Waals surface area (Å²) in [5.74, 6) is 1.25. The van der Waals surface area contributed by atoms with Crippen LogP contribution in [-0.4, -0.2) is 37.5 Å². The molecule has 1 heterocycles. The van der Waals surface area contributed by atoms with E-state index >= 15 is 0 Å². The fourth-order valence-corrected chi connectivity index (χ4v) is 5.27. The van der Waals surface area contributed by atoms with Gasteiger partial charge in [-0.3, -0.25) is 0 Å². The topological polar surface area (TPSA) is 46.6 Å². The molecule has 1 aliphatic rings. The fraction of sp³-hybridized carbons (Fsp3) is 0.500. The number of benzene rings is 1. The van der Waals surface area contributed by atoms with Crippen molar-refractivity contribution in [2.75, 3.05) is 19.4 Å². The van der Waals surface area contributed by atoms with Crippen molar-refractivity contribution in [2.24, 2.45) is 0 Å². The molecule has 1 unspecified atom stereocenters. The predicted molar refractivity (Wildman–Crippen MR) is 73.5 cm³/mol. The Labute approximate surface area is 112 Å². The second-order valence-electron chi connectivity index (χ2n) is 4.24. The molecule has 0 aliphatic carbocycles. The number of aryl methyl sites for hydroxylation is 1. The largest absolute Gasteiger partial charge is 0.495 e. The third kappa shape index (κ3) is 2.37. The molecule has 0 saturated carbocycles. The van der Waals surface area contributed by atoms with Crippen LogP contribution in [0.2, 0.25) is 0 Å². The van der Waals surface area contributed by atoms with Crippen LogP contribution in [0.25, 0.3) is 0 Å². The molecule has 1 aliphatic heterocycles. The quantitative estimate of drug-likeness (QED) is 0.854. The standard InChI is InChI=1S/C12H17NO3S2/c1-9-4-5-11(16-3)12(8-9)18(14,15)13-6-7-17-10(13)2/h4-5,8,10H,6-7H2,1-3H3. The van der Waals surface area contributed by atoms with E-state index < -0.39 is 10.0 Å². The van der Waals surface area contributed by atoms with Gasteiger partial charge in [-0.1, -0.05) is 6.07 Å². The Balaban J connectivity index is 2.49. The lowest BCUT2D eigenvalue weighted by Gasteiger charge is -2.21. The monoisotopic (exact) mass is 287 g/mol. The lowest BCUT2D eigenvalue weighted by molar-refractivity contribution is 0.395. The number of ether oxygens (including phenoxy) is 1. The molecule has 6 heteroatoms. The number of hydrogen-bond donors (Lipinski definition) is 0. The molecule has 4 nitrogen and oxygen atoms in total. The van der Waals surface area contributed by atoms with Gasteiger partial charge in [0.2, 0.25) is 10.0 Å². The molecule has 0 aromatic heterocycles. The van der Waals surface area contributed by atoms with E-state index in [1.165, 1.54) is 11.4 Å². The van der Waals surface area contributed by atoms with E-state index in [1.807, 2.05) is 19.9 Å². The van der Waals surface area contributed by atoms with Crippen LogP contribution in [0.1, 0.15) is 12.5 Å². The summed E-state index contributed by atoms with van der Waals surface area (Å²) in [7, 11) is -1.97. The van der Waals surface area contributed by atoms with E-state index in [0.717, 1.165) is 11.3 Å². The SMILES string of the molecule is COc1ccc(C)cc1S(=O)(=O)N1CCSC1C. The molecule has 1 saturated heterocycles. The predicted octanol–water partition coefficient (Wildman–Crippen LogP) is 2.09. The zero-order valence-electron chi connectivity index (χ0n) is 10.7. The summed E-state index contributed by atoms with van der Waals surface area (Å²) < 4.78 is 31.9. The molecule has 0 N–H and O–H groups in total. The number of thioether (sulfide) groups is 1. The molecule has 0 radical (unpaired) electrons. The van der Waals surface area contributed by atoms with Crippen molar-refractivity contribution in [3.8, 4) is 5.75 Å². The maximum absolute atomic E-state index is 12.6. The van der Waals surface area contributed by atoms with Crippen molar-refractivity contribution in [3.63, 3.8) is 0 Å². The van der Waals surface area contributed by atoms with Gasteiger partial charge in [-0.05, 0) is 31.5 Å². The zero-order chi connectivity index (χ0) is 13.3.